The number of para-hydroxylation sites is 1. The number of halogens is 3. The molecule has 29 heavy (non-hydrogen) atoms. The van der Waals surface area contributed by atoms with Gasteiger partial charge in [-0.3, -0.25) is 15.2 Å². The number of carbonyl (C=O) groups excluding carboxylic acids is 1. The second-order valence-electron chi connectivity index (χ2n) is 6.64. The maximum absolute atomic E-state index is 12.7. The average molecular weight is 406 g/mol. The number of ether oxygens (including phenoxy) is 1. The van der Waals surface area contributed by atoms with Crippen LogP contribution in [0.15, 0.2) is 36.5 Å². The zero-order valence-corrected chi connectivity index (χ0v) is 15.3. The summed E-state index contributed by atoms with van der Waals surface area (Å²) in [5.74, 6) is -2.84. The number of nitrogens with one attached hydrogen (secondary N) is 2. The number of anilines is 1. The normalized spacial score (nSPS) is 19.4. The van der Waals surface area contributed by atoms with Crippen LogP contribution in [-0.4, -0.2) is 37.5 Å². The lowest BCUT2D eigenvalue weighted by molar-refractivity contribution is -0.144. The fourth-order valence-corrected chi connectivity index (χ4v) is 3.33. The largest absolute Gasteiger partial charge is 0.451 e. The van der Waals surface area contributed by atoms with E-state index in [1.807, 2.05) is 31.2 Å². The minimum Gasteiger partial charge on any atom is -0.371 e. The van der Waals surface area contributed by atoms with Crippen LogP contribution < -0.4 is 5.32 Å². The topological polar surface area (TPSA) is 97.7 Å². The van der Waals surface area contributed by atoms with Crippen LogP contribution in [0.4, 0.5) is 19.1 Å². The number of rotatable bonds is 4. The van der Waals surface area contributed by atoms with E-state index in [9.17, 15) is 18.0 Å². The van der Waals surface area contributed by atoms with Gasteiger partial charge in [-0.25, -0.2) is 4.68 Å². The molecule has 0 unspecified atom stereocenters. The third-order valence-corrected chi connectivity index (χ3v) is 4.72. The van der Waals surface area contributed by atoms with Gasteiger partial charge in [0, 0.05) is 12.8 Å². The van der Waals surface area contributed by atoms with Crippen molar-refractivity contribution in [3.8, 4) is 5.69 Å². The molecule has 1 aliphatic rings. The Kier molecular flexibility index (Phi) is 4.82. The van der Waals surface area contributed by atoms with Crippen molar-refractivity contribution in [2.45, 2.75) is 25.6 Å². The smallest absolute Gasteiger partial charge is 0.371 e. The molecule has 0 aliphatic carbocycles. The first-order valence-electron chi connectivity index (χ1n) is 8.86. The van der Waals surface area contributed by atoms with Crippen molar-refractivity contribution < 1.29 is 22.7 Å². The van der Waals surface area contributed by atoms with Gasteiger partial charge in [0.05, 0.1) is 17.3 Å². The third kappa shape index (κ3) is 3.73. The second-order valence-corrected chi connectivity index (χ2v) is 6.64. The molecule has 1 amide bonds. The van der Waals surface area contributed by atoms with Gasteiger partial charge in [-0.15, -0.1) is 5.10 Å². The number of nitrogens with zero attached hydrogens (tertiary/aromatic N) is 4. The number of hydrogen-bond acceptors (Lipinski definition) is 5. The Morgan fingerprint density at radius 1 is 1.31 bits per heavy atom. The molecule has 2 N–H and O–H groups in total. The van der Waals surface area contributed by atoms with E-state index in [-0.39, 0.29) is 0 Å². The molecule has 3 aromatic rings. The molecule has 2 atom stereocenters. The molecule has 0 saturated carbocycles. The standard InChI is InChI=1S/C18H17F3N6O2/c1-10-4-2-3-5-12(10)27-13(6-8-22-27)14-11(7-9-29-14)15(28)23-17-24-16(25-26-17)18(19,20)21/h2-6,8,11,14H,7,9H2,1H3,(H2,23,24,25,26,28)/t11-,14-/m0/s1. The number of H-pyrrole nitrogens is 1. The number of amides is 1. The molecule has 0 spiro atoms. The fourth-order valence-electron chi connectivity index (χ4n) is 3.33. The molecule has 1 fully saturated rings. The summed E-state index contributed by atoms with van der Waals surface area (Å²) in [5, 5.41) is 11.9. The molecule has 0 radical (unpaired) electrons. The lowest BCUT2D eigenvalue weighted by atomic mass is 9.98. The predicted octanol–water partition coefficient (Wildman–Crippen LogP) is 3.03. The quantitative estimate of drug-likeness (QED) is 0.694. The van der Waals surface area contributed by atoms with Gasteiger partial charge in [0.25, 0.3) is 0 Å². The van der Waals surface area contributed by atoms with Crippen LogP contribution in [0.3, 0.4) is 0 Å². The molecule has 0 bridgehead atoms. The predicted molar refractivity (Wildman–Crippen MR) is 95.1 cm³/mol. The maximum Gasteiger partial charge on any atom is 0.451 e. The zero-order valence-electron chi connectivity index (χ0n) is 15.3. The maximum atomic E-state index is 12.7. The minimum atomic E-state index is -4.67. The highest BCUT2D eigenvalue weighted by Gasteiger charge is 2.39. The molecule has 1 aliphatic heterocycles. The first kappa shape index (κ1) is 19.1. The van der Waals surface area contributed by atoms with E-state index >= 15 is 0 Å². The van der Waals surface area contributed by atoms with E-state index in [0.29, 0.717) is 18.7 Å². The Morgan fingerprint density at radius 2 is 2.10 bits per heavy atom. The molecule has 1 saturated heterocycles. The first-order chi connectivity index (χ1) is 13.8. The summed E-state index contributed by atoms with van der Waals surface area (Å²) in [6, 6.07) is 9.41. The Balaban J connectivity index is 1.56. The summed E-state index contributed by atoms with van der Waals surface area (Å²) < 4.78 is 45.4. The summed E-state index contributed by atoms with van der Waals surface area (Å²) in [4.78, 5) is 16.0. The SMILES string of the molecule is Cc1ccccc1-n1nccc1[C@H]1OCC[C@@H]1C(=O)Nc1n[nH]c(C(F)(F)F)n1. The Bertz CT molecular complexity index is 1030. The minimum absolute atomic E-state index is 0.337. The summed E-state index contributed by atoms with van der Waals surface area (Å²) in [6.07, 6.45) is -3.25. The Labute approximate surface area is 163 Å². The molecule has 1 aromatic carbocycles. The van der Waals surface area contributed by atoms with Crippen molar-refractivity contribution in [1.82, 2.24) is 25.0 Å². The molecular weight excluding hydrogens is 389 g/mol. The summed E-state index contributed by atoms with van der Waals surface area (Å²) >= 11 is 0. The van der Waals surface area contributed by atoms with Crippen LogP contribution in [0.25, 0.3) is 5.69 Å². The summed E-state index contributed by atoms with van der Waals surface area (Å²) in [6.45, 7) is 2.28. The number of carbonyl (C=O) groups is 1. The van der Waals surface area contributed by atoms with Gasteiger partial charge >= 0.3 is 6.18 Å². The van der Waals surface area contributed by atoms with Crippen LogP contribution in [0.5, 0.6) is 0 Å². The highest BCUT2D eigenvalue weighted by atomic mass is 19.4. The van der Waals surface area contributed by atoms with Crippen molar-refractivity contribution in [3.63, 3.8) is 0 Å². The summed E-state index contributed by atoms with van der Waals surface area (Å²) in [7, 11) is 0. The lowest BCUT2D eigenvalue weighted by Gasteiger charge is -2.19. The average Bonchev–Trinajstić information content (AvgIpc) is 3.41. The monoisotopic (exact) mass is 406 g/mol. The summed E-state index contributed by atoms with van der Waals surface area (Å²) in [5.41, 5.74) is 2.53. The molecule has 11 heteroatoms. The number of aryl methyl sites for hydroxylation is 1. The third-order valence-electron chi connectivity index (χ3n) is 4.72. The molecule has 152 valence electrons. The van der Waals surface area contributed by atoms with Crippen LogP contribution in [-0.2, 0) is 15.7 Å². The molecular formula is C18H17F3N6O2. The van der Waals surface area contributed by atoms with Crippen LogP contribution in [0, 0.1) is 12.8 Å². The van der Waals surface area contributed by atoms with Crippen LogP contribution >= 0.6 is 0 Å². The van der Waals surface area contributed by atoms with Gasteiger partial charge in [-0.2, -0.15) is 23.3 Å². The number of aromatic nitrogens is 5. The van der Waals surface area contributed by atoms with E-state index in [4.69, 9.17) is 4.74 Å². The fraction of sp³-hybridized carbons (Fsp3) is 0.333. The van der Waals surface area contributed by atoms with Gasteiger partial charge in [0.2, 0.25) is 17.7 Å². The van der Waals surface area contributed by atoms with Crippen molar-refractivity contribution in [3.05, 3.63) is 53.6 Å². The highest BCUT2D eigenvalue weighted by Crippen LogP contribution is 2.36. The van der Waals surface area contributed by atoms with Crippen LogP contribution in [0.1, 0.15) is 29.6 Å². The first-order valence-corrected chi connectivity index (χ1v) is 8.86. The van der Waals surface area contributed by atoms with E-state index in [0.717, 1.165) is 11.3 Å². The van der Waals surface area contributed by atoms with Gasteiger partial charge in [0.15, 0.2) is 0 Å². The van der Waals surface area contributed by atoms with Crippen molar-refractivity contribution >= 4 is 11.9 Å². The van der Waals surface area contributed by atoms with E-state index in [1.54, 1.807) is 22.0 Å². The van der Waals surface area contributed by atoms with Gasteiger partial charge < -0.3 is 4.74 Å². The van der Waals surface area contributed by atoms with Crippen molar-refractivity contribution in [1.29, 1.82) is 0 Å². The van der Waals surface area contributed by atoms with E-state index in [1.165, 1.54) is 0 Å². The number of alkyl halides is 3. The van der Waals surface area contributed by atoms with Crippen LogP contribution in [0.2, 0.25) is 0 Å². The zero-order chi connectivity index (χ0) is 20.6. The lowest BCUT2D eigenvalue weighted by Crippen LogP contribution is -2.27. The second kappa shape index (κ2) is 7.32. The van der Waals surface area contributed by atoms with E-state index in [2.05, 4.69) is 20.5 Å². The molecule has 8 nitrogen and oxygen atoms in total. The van der Waals surface area contributed by atoms with Crippen molar-refractivity contribution in [2.75, 3.05) is 11.9 Å². The molecule has 2 aromatic heterocycles. The highest BCUT2D eigenvalue weighted by molar-refractivity contribution is 5.91. The number of hydrogen-bond donors (Lipinski definition) is 2. The van der Waals surface area contributed by atoms with Crippen molar-refractivity contribution in [2.24, 2.45) is 5.92 Å². The molecule has 3 heterocycles. The van der Waals surface area contributed by atoms with Gasteiger partial charge in [-0.1, -0.05) is 18.2 Å². The Hall–Kier alpha value is -3.21. The molecule has 4 rings (SSSR count). The Morgan fingerprint density at radius 3 is 2.83 bits per heavy atom. The number of benzene rings is 1. The van der Waals surface area contributed by atoms with Gasteiger partial charge in [0.1, 0.15) is 6.10 Å². The van der Waals surface area contributed by atoms with Gasteiger partial charge in [-0.05, 0) is 31.0 Å². The van der Waals surface area contributed by atoms with E-state index < -0.39 is 35.9 Å². The number of aromatic amines is 1.